The topological polar surface area (TPSA) is 57.6 Å². The Labute approximate surface area is 153 Å². The number of anilines is 1. The molecule has 1 amide bonds. The molecule has 27 heavy (non-hydrogen) atoms. The summed E-state index contributed by atoms with van der Waals surface area (Å²) >= 11 is 0. The molecule has 1 aliphatic heterocycles. The molecule has 1 N–H and O–H groups in total. The molecule has 1 saturated heterocycles. The van der Waals surface area contributed by atoms with Crippen LogP contribution in [-0.2, 0) is 4.79 Å². The molecule has 7 heteroatoms. The van der Waals surface area contributed by atoms with Crippen molar-refractivity contribution in [1.82, 2.24) is 0 Å². The van der Waals surface area contributed by atoms with Crippen molar-refractivity contribution in [2.75, 3.05) is 4.90 Å². The summed E-state index contributed by atoms with van der Waals surface area (Å²) in [6.07, 6.45) is -5.23. The summed E-state index contributed by atoms with van der Waals surface area (Å²) in [5, 5.41) is 10.1. The van der Waals surface area contributed by atoms with Gasteiger partial charge in [0.15, 0.2) is 5.78 Å². The first-order valence-corrected chi connectivity index (χ1v) is 8.14. The lowest BCUT2D eigenvalue weighted by Crippen LogP contribution is -2.51. The van der Waals surface area contributed by atoms with Gasteiger partial charge in [-0.25, -0.2) is 0 Å². The standard InChI is InChI=1S/C20H16F3NO3/c1-13-7-9-15(10-8-13)24-16(11-17(25)14-5-3-2-4-6-14)12-19(27,18(24)26)20(21,22)23/h2-11,27H,12H2,1H3. The van der Waals surface area contributed by atoms with Gasteiger partial charge in [0, 0.05) is 29.4 Å². The third-order valence-corrected chi connectivity index (χ3v) is 4.40. The third-order valence-electron chi connectivity index (χ3n) is 4.40. The van der Waals surface area contributed by atoms with Crippen molar-refractivity contribution in [3.05, 3.63) is 77.5 Å². The van der Waals surface area contributed by atoms with E-state index in [2.05, 4.69) is 0 Å². The SMILES string of the molecule is Cc1ccc(N2C(=O)C(O)(C(F)(F)F)CC2=CC(=O)c2ccccc2)cc1. The number of ketones is 1. The van der Waals surface area contributed by atoms with Gasteiger partial charge in [-0.2, -0.15) is 13.2 Å². The molecule has 2 aromatic rings. The highest BCUT2D eigenvalue weighted by Crippen LogP contribution is 2.44. The first-order valence-electron chi connectivity index (χ1n) is 8.14. The number of aliphatic hydroxyl groups is 1. The Balaban J connectivity index is 2.08. The molecule has 0 spiro atoms. The van der Waals surface area contributed by atoms with Gasteiger partial charge in [-0.3, -0.25) is 14.5 Å². The van der Waals surface area contributed by atoms with Crippen molar-refractivity contribution in [3.63, 3.8) is 0 Å². The predicted molar refractivity (Wildman–Crippen MR) is 93.1 cm³/mol. The first kappa shape index (κ1) is 18.8. The van der Waals surface area contributed by atoms with E-state index in [4.69, 9.17) is 0 Å². The normalized spacial score (nSPS) is 21.7. The fourth-order valence-electron chi connectivity index (χ4n) is 2.88. The maximum Gasteiger partial charge on any atom is 0.426 e. The van der Waals surface area contributed by atoms with Crippen LogP contribution in [0.3, 0.4) is 0 Å². The highest BCUT2D eigenvalue weighted by Gasteiger charge is 2.65. The zero-order valence-corrected chi connectivity index (χ0v) is 14.3. The Morgan fingerprint density at radius 3 is 2.26 bits per heavy atom. The molecule has 0 aliphatic carbocycles. The summed E-state index contributed by atoms with van der Waals surface area (Å²) < 4.78 is 40.1. The van der Waals surface area contributed by atoms with Gasteiger partial charge in [0.25, 0.3) is 5.91 Å². The van der Waals surface area contributed by atoms with Crippen LogP contribution in [-0.4, -0.2) is 28.6 Å². The van der Waals surface area contributed by atoms with Crippen LogP contribution in [0.2, 0.25) is 0 Å². The molecule has 0 saturated carbocycles. The molecule has 1 fully saturated rings. The first-order chi connectivity index (χ1) is 12.6. The zero-order chi connectivity index (χ0) is 19.8. The van der Waals surface area contributed by atoms with Gasteiger partial charge < -0.3 is 5.11 Å². The van der Waals surface area contributed by atoms with Crippen LogP contribution in [0, 0.1) is 6.92 Å². The number of amides is 1. The molecule has 0 aromatic heterocycles. The summed E-state index contributed by atoms with van der Waals surface area (Å²) in [5.74, 6) is -2.08. The van der Waals surface area contributed by atoms with Crippen molar-refractivity contribution in [1.29, 1.82) is 0 Å². The summed E-state index contributed by atoms with van der Waals surface area (Å²) in [6.45, 7) is 1.79. The Kier molecular flexibility index (Phi) is 4.65. The number of carbonyl (C=O) groups excluding carboxylic acids is 2. The lowest BCUT2D eigenvalue weighted by atomic mass is 10.00. The monoisotopic (exact) mass is 375 g/mol. The lowest BCUT2D eigenvalue weighted by Gasteiger charge is -2.24. The van der Waals surface area contributed by atoms with E-state index in [0.29, 0.717) is 0 Å². The van der Waals surface area contributed by atoms with E-state index >= 15 is 0 Å². The molecule has 1 atom stereocenters. The van der Waals surface area contributed by atoms with E-state index in [-0.39, 0.29) is 16.9 Å². The number of rotatable bonds is 3. The molecular weight excluding hydrogens is 359 g/mol. The van der Waals surface area contributed by atoms with Gasteiger partial charge in [0.2, 0.25) is 5.60 Å². The fourth-order valence-corrected chi connectivity index (χ4v) is 2.88. The number of hydrogen-bond acceptors (Lipinski definition) is 3. The van der Waals surface area contributed by atoms with Crippen molar-refractivity contribution in [3.8, 4) is 0 Å². The summed E-state index contributed by atoms with van der Waals surface area (Å²) in [7, 11) is 0. The van der Waals surface area contributed by atoms with E-state index in [1.165, 1.54) is 24.3 Å². The highest BCUT2D eigenvalue weighted by molar-refractivity contribution is 6.10. The molecular formula is C20H16F3NO3. The number of benzene rings is 2. The molecule has 0 bridgehead atoms. The molecule has 0 radical (unpaired) electrons. The average molecular weight is 375 g/mol. The minimum absolute atomic E-state index is 0.151. The van der Waals surface area contributed by atoms with Crippen molar-refractivity contribution >= 4 is 17.4 Å². The van der Waals surface area contributed by atoms with Gasteiger partial charge in [0.05, 0.1) is 0 Å². The maximum absolute atomic E-state index is 13.4. The Bertz CT molecular complexity index is 904. The molecule has 1 heterocycles. The van der Waals surface area contributed by atoms with E-state index in [9.17, 15) is 27.9 Å². The third kappa shape index (κ3) is 3.38. The van der Waals surface area contributed by atoms with Gasteiger partial charge in [-0.05, 0) is 19.1 Å². The summed E-state index contributed by atoms with van der Waals surface area (Å²) in [4.78, 5) is 25.7. The number of halogens is 3. The summed E-state index contributed by atoms with van der Waals surface area (Å²) in [5.41, 5.74) is -2.51. The smallest absolute Gasteiger partial charge is 0.372 e. The Hall–Kier alpha value is -2.93. The highest BCUT2D eigenvalue weighted by atomic mass is 19.4. The second kappa shape index (κ2) is 6.66. The van der Waals surface area contributed by atoms with Gasteiger partial charge in [0.1, 0.15) is 0 Å². The van der Waals surface area contributed by atoms with Crippen LogP contribution in [0.5, 0.6) is 0 Å². The van der Waals surface area contributed by atoms with Crippen molar-refractivity contribution < 1.29 is 27.9 Å². The number of allylic oxidation sites excluding steroid dienone is 1. The van der Waals surface area contributed by atoms with E-state index < -0.39 is 29.9 Å². The van der Waals surface area contributed by atoms with Crippen molar-refractivity contribution in [2.24, 2.45) is 0 Å². The minimum Gasteiger partial charge on any atom is -0.372 e. The molecule has 2 aromatic carbocycles. The van der Waals surface area contributed by atoms with Crippen LogP contribution in [0.4, 0.5) is 18.9 Å². The van der Waals surface area contributed by atoms with Crippen molar-refractivity contribution in [2.45, 2.75) is 25.1 Å². The second-order valence-electron chi connectivity index (χ2n) is 6.38. The minimum atomic E-state index is -5.17. The number of hydrogen-bond donors (Lipinski definition) is 1. The van der Waals surface area contributed by atoms with Crippen LogP contribution in [0.15, 0.2) is 66.4 Å². The van der Waals surface area contributed by atoms with Crippen LogP contribution >= 0.6 is 0 Å². The quantitative estimate of drug-likeness (QED) is 0.656. The number of alkyl halides is 3. The fraction of sp³-hybridized carbons (Fsp3) is 0.200. The number of aryl methyl sites for hydroxylation is 1. The molecule has 1 aliphatic rings. The van der Waals surface area contributed by atoms with Crippen LogP contribution < -0.4 is 4.90 Å². The lowest BCUT2D eigenvalue weighted by molar-refractivity contribution is -0.245. The van der Waals surface area contributed by atoms with E-state index in [1.54, 1.807) is 37.3 Å². The largest absolute Gasteiger partial charge is 0.426 e. The molecule has 4 nitrogen and oxygen atoms in total. The van der Waals surface area contributed by atoms with E-state index in [1.807, 2.05) is 0 Å². The Morgan fingerprint density at radius 2 is 1.70 bits per heavy atom. The maximum atomic E-state index is 13.4. The zero-order valence-electron chi connectivity index (χ0n) is 14.3. The molecule has 3 rings (SSSR count). The van der Waals surface area contributed by atoms with Crippen LogP contribution in [0.25, 0.3) is 0 Å². The molecule has 140 valence electrons. The molecule has 1 unspecified atom stereocenters. The predicted octanol–water partition coefficient (Wildman–Crippen LogP) is 3.79. The second-order valence-corrected chi connectivity index (χ2v) is 6.38. The van der Waals surface area contributed by atoms with Gasteiger partial charge >= 0.3 is 6.18 Å². The average Bonchev–Trinajstić information content (AvgIpc) is 2.88. The van der Waals surface area contributed by atoms with Crippen LogP contribution in [0.1, 0.15) is 22.3 Å². The summed E-state index contributed by atoms with van der Waals surface area (Å²) in [6, 6.07) is 14.2. The van der Waals surface area contributed by atoms with Gasteiger partial charge in [-0.15, -0.1) is 0 Å². The number of carbonyl (C=O) groups is 2. The van der Waals surface area contributed by atoms with E-state index in [0.717, 1.165) is 16.5 Å². The Morgan fingerprint density at radius 1 is 1.11 bits per heavy atom. The van der Waals surface area contributed by atoms with Gasteiger partial charge in [-0.1, -0.05) is 48.0 Å². The number of nitrogens with zero attached hydrogens (tertiary/aromatic N) is 1.